The number of nitrogens with one attached hydrogen (secondary N) is 2. The topological polar surface area (TPSA) is 59.0 Å². The highest BCUT2D eigenvalue weighted by molar-refractivity contribution is 5.75. The molecule has 0 saturated heterocycles. The maximum Gasteiger partial charge on any atom is 0.221 e. The first kappa shape index (κ1) is 13.7. The quantitative estimate of drug-likeness (QED) is 0.684. The van der Waals surface area contributed by atoms with E-state index in [1.165, 1.54) is 5.69 Å². The Bertz CT molecular complexity index is 359. The molecule has 1 amide bonds. The Hall–Kier alpha value is -1.36. The van der Waals surface area contributed by atoms with Gasteiger partial charge in [-0.3, -0.25) is 9.48 Å². The van der Waals surface area contributed by atoms with E-state index in [4.69, 9.17) is 0 Å². The first-order valence-corrected chi connectivity index (χ1v) is 6.06. The van der Waals surface area contributed by atoms with Crippen molar-refractivity contribution in [3.63, 3.8) is 0 Å². The summed E-state index contributed by atoms with van der Waals surface area (Å²) < 4.78 is 2.02. The fraction of sp³-hybridized carbons (Fsp3) is 0.667. The average molecular weight is 238 g/mol. The van der Waals surface area contributed by atoms with E-state index >= 15 is 0 Å². The second-order valence-electron chi connectivity index (χ2n) is 4.18. The highest BCUT2D eigenvalue weighted by Gasteiger charge is 2.00. The lowest BCUT2D eigenvalue weighted by atomic mass is 10.3. The first-order valence-electron chi connectivity index (χ1n) is 6.06. The smallest absolute Gasteiger partial charge is 0.221 e. The van der Waals surface area contributed by atoms with Gasteiger partial charge in [-0.1, -0.05) is 0 Å². The molecule has 1 heterocycles. The number of nitrogens with zero attached hydrogens (tertiary/aromatic N) is 2. The average Bonchev–Trinajstić information content (AvgIpc) is 2.62. The predicted octanol–water partition coefficient (Wildman–Crippen LogP) is 0.616. The summed E-state index contributed by atoms with van der Waals surface area (Å²) in [4.78, 5) is 10.9. The molecular weight excluding hydrogens is 216 g/mol. The third kappa shape index (κ3) is 4.99. The van der Waals surface area contributed by atoms with Gasteiger partial charge in [0.05, 0.1) is 5.69 Å². The Morgan fingerprint density at radius 3 is 2.76 bits per heavy atom. The predicted molar refractivity (Wildman–Crippen MR) is 67.9 cm³/mol. The third-order valence-electron chi connectivity index (χ3n) is 2.63. The molecule has 0 aromatic carbocycles. The van der Waals surface area contributed by atoms with Gasteiger partial charge in [0.1, 0.15) is 0 Å². The van der Waals surface area contributed by atoms with Crippen molar-refractivity contribution in [3.8, 4) is 0 Å². The van der Waals surface area contributed by atoms with Crippen LogP contribution in [0.3, 0.4) is 0 Å². The van der Waals surface area contributed by atoms with Gasteiger partial charge >= 0.3 is 0 Å². The highest BCUT2D eigenvalue weighted by Crippen LogP contribution is 2.02. The SMILES string of the molecule is CNC(=O)CCNCCCn1nc(C)cc1C. The fourth-order valence-corrected chi connectivity index (χ4v) is 1.71. The van der Waals surface area contributed by atoms with E-state index in [1.807, 2.05) is 11.6 Å². The number of hydrogen-bond donors (Lipinski definition) is 2. The van der Waals surface area contributed by atoms with E-state index in [1.54, 1.807) is 7.05 Å². The first-order chi connectivity index (χ1) is 8.13. The Labute approximate surface area is 103 Å². The minimum atomic E-state index is 0.0797. The van der Waals surface area contributed by atoms with Crippen molar-refractivity contribution in [2.45, 2.75) is 33.2 Å². The molecule has 5 nitrogen and oxygen atoms in total. The van der Waals surface area contributed by atoms with Gasteiger partial charge in [0.25, 0.3) is 0 Å². The molecule has 2 N–H and O–H groups in total. The summed E-state index contributed by atoms with van der Waals surface area (Å²) in [7, 11) is 1.66. The second-order valence-corrected chi connectivity index (χ2v) is 4.18. The molecule has 0 aliphatic heterocycles. The van der Waals surface area contributed by atoms with Crippen LogP contribution in [0, 0.1) is 13.8 Å². The van der Waals surface area contributed by atoms with Gasteiger partial charge < -0.3 is 10.6 Å². The summed E-state index contributed by atoms with van der Waals surface area (Å²) in [5, 5.41) is 10.2. The molecule has 0 spiro atoms. The molecule has 0 aliphatic rings. The fourth-order valence-electron chi connectivity index (χ4n) is 1.71. The molecular formula is C12H22N4O. The summed E-state index contributed by atoms with van der Waals surface area (Å²) in [5.41, 5.74) is 2.27. The summed E-state index contributed by atoms with van der Waals surface area (Å²) in [5.74, 6) is 0.0797. The largest absolute Gasteiger partial charge is 0.359 e. The van der Waals surface area contributed by atoms with Crippen LogP contribution in [0.2, 0.25) is 0 Å². The van der Waals surface area contributed by atoms with Crippen molar-refractivity contribution in [2.75, 3.05) is 20.1 Å². The molecule has 1 aromatic rings. The van der Waals surface area contributed by atoms with Crippen molar-refractivity contribution in [1.29, 1.82) is 0 Å². The molecule has 0 fully saturated rings. The van der Waals surface area contributed by atoms with Crippen molar-refractivity contribution in [2.24, 2.45) is 0 Å². The van der Waals surface area contributed by atoms with E-state index in [0.29, 0.717) is 6.42 Å². The van der Waals surface area contributed by atoms with Crippen LogP contribution in [-0.4, -0.2) is 35.8 Å². The maximum atomic E-state index is 10.9. The molecule has 0 radical (unpaired) electrons. The van der Waals surface area contributed by atoms with Crippen LogP contribution in [0.15, 0.2) is 6.07 Å². The number of carbonyl (C=O) groups is 1. The van der Waals surface area contributed by atoms with Crippen LogP contribution in [0.5, 0.6) is 0 Å². The third-order valence-corrected chi connectivity index (χ3v) is 2.63. The minimum Gasteiger partial charge on any atom is -0.359 e. The van der Waals surface area contributed by atoms with Gasteiger partial charge in [-0.25, -0.2) is 0 Å². The number of hydrogen-bond acceptors (Lipinski definition) is 3. The molecule has 5 heteroatoms. The van der Waals surface area contributed by atoms with Crippen molar-refractivity contribution >= 4 is 5.91 Å². The molecule has 0 atom stereocenters. The van der Waals surface area contributed by atoms with Crippen LogP contribution in [0.4, 0.5) is 0 Å². The van der Waals surface area contributed by atoms with E-state index in [2.05, 4.69) is 28.7 Å². The molecule has 17 heavy (non-hydrogen) atoms. The number of aromatic nitrogens is 2. The number of amides is 1. The van der Waals surface area contributed by atoms with Gasteiger partial charge in [-0.15, -0.1) is 0 Å². The summed E-state index contributed by atoms with van der Waals surface area (Å²) in [6.45, 7) is 6.64. The van der Waals surface area contributed by atoms with E-state index in [9.17, 15) is 4.79 Å². The maximum absolute atomic E-state index is 10.9. The van der Waals surface area contributed by atoms with Crippen molar-refractivity contribution < 1.29 is 4.79 Å². The molecule has 1 rings (SSSR count). The van der Waals surface area contributed by atoms with Crippen LogP contribution < -0.4 is 10.6 Å². The van der Waals surface area contributed by atoms with Gasteiger partial charge in [0, 0.05) is 32.3 Å². The zero-order valence-electron chi connectivity index (χ0n) is 10.9. The lowest BCUT2D eigenvalue weighted by Gasteiger charge is -2.06. The number of rotatable bonds is 7. The van der Waals surface area contributed by atoms with Crippen LogP contribution in [0.25, 0.3) is 0 Å². The monoisotopic (exact) mass is 238 g/mol. The molecule has 0 aliphatic carbocycles. The van der Waals surface area contributed by atoms with E-state index in [-0.39, 0.29) is 5.91 Å². The molecule has 96 valence electrons. The van der Waals surface area contributed by atoms with E-state index < -0.39 is 0 Å². The zero-order valence-corrected chi connectivity index (χ0v) is 10.9. The van der Waals surface area contributed by atoms with Gasteiger partial charge in [0.15, 0.2) is 0 Å². The molecule has 0 unspecified atom stereocenters. The highest BCUT2D eigenvalue weighted by atomic mass is 16.1. The van der Waals surface area contributed by atoms with Gasteiger partial charge in [-0.05, 0) is 32.9 Å². The van der Waals surface area contributed by atoms with Crippen molar-refractivity contribution in [3.05, 3.63) is 17.5 Å². The Morgan fingerprint density at radius 1 is 1.41 bits per heavy atom. The van der Waals surface area contributed by atoms with Crippen molar-refractivity contribution in [1.82, 2.24) is 20.4 Å². The standard InChI is InChI=1S/C12H22N4O/c1-10-9-11(2)16(15-10)8-4-6-14-7-5-12(17)13-3/h9,14H,4-8H2,1-3H3,(H,13,17). The number of carbonyl (C=O) groups excluding carboxylic acids is 1. The molecule has 1 aromatic heterocycles. The lowest BCUT2D eigenvalue weighted by molar-refractivity contribution is -0.120. The van der Waals surface area contributed by atoms with Gasteiger partial charge in [0.2, 0.25) is 5.91 Å². The lowest BCUT2D eigenvalue weighted by Crippen LogP contribution is -2.25. The van der Waals surface area contributed by atoms with Crippen LogP contribution in [-0.2, 0) is 11.3 Å². The summed E-state index contributed by atoms with van der Waals surface area (Å²) in [6.07, 6.45) is 1.56. The molecule has 0 bridgehead atoms. The Kier molecular flexibility index (Phi) is 5.69. The Morgan fingerprint density at radius 2 is 2.18 bits per heavy atom. The summed E-state index contributed by atoms with van der Waals surface area (Å²) >= 11 is 0. The minimum absolute atomic E-state index is 0.0797. The van der Waals surface area contributed by atoms with Gasteiger partial charge in [-0.2, -0.15) is 5.10 Å². The zero-order chi connectivity index (χ0) is 12.7. The Balaban J connectivity index is 2.08. The normalized spacial score (nSPS) is 10.5. The van der Waals surface area contributed by atoms with Crippen LogP contribution in [0.1, 0.15) is 24.2 Å². The summed E-state index contributed by atoms with van der Waals surface area (Å²) in [6, 6.07) is 2.08. The molecule has 0 saturated carbocycles. The second kappa shape index (κ2) is 7.06. The van der Waals surface area contributed by atoms with E-state index in [0.717, 1.165) is 31.7 Å². The number of aryl methyl sites for hydroxylation is 3. The van der Waals surface area contributed by atoms with Crippen LogP contribution >= 0.6 is 0 Å².